The summed E-state index contributed by atoms with van der Waals surface area (Å²) < 4.78 is 0. The molecule has 0 saturated heterocycles. The van der Waals surface area contributed by atoms with E-state index >= 15 is 0 Å². The molecule has 0 spiro atoms. The van der Waals surface area contributed by atoms with Crippen LogP contribution in [-0.4, -0.2) is 23.9 Å². The predicted octanol–water partition coefficient (Wildman–Crippen LogP) is 4.01. The van der Waals surface area contributed by atoms with Crippen molar-refractivity contribution in [2.24, 2.45) is 5.41 Å². The maximum atomic E-state index is 12.7. The van der Waals surface area contributed by atoms with Crippen LogP contribution < -0.4 is 5.32 Å². The van der Waals surface area contributed by atoms with Crippen LogP contribution in [0, 0.1) is 5.41 Å². The Kier molecular flexibility index (Phi) is 5.07. The summed E-state index contributed by atoms with van der Waals surface area (Å²) >= 11 is 1.80. The summed E-state index contributed by atoms with van der Waals surface area (Å²) in [7, 11) is 0. The van der Waals surface area contributed by atoms with Crippen molar-refractivity contribution in [2.45, 2.75) is 39.8 Å². The Bertz CT molecular complexity index is 687. The molecular formula is C20H26N2OS. The highest BCUT2D eigenvalue weighted by Crippen LogP contribution is 2.32. The Morgan fingerprint density at radius 1 is 1.25 bits per heavy atom. The molecular weight excluding hydrogens is 316 g/mol. The van der Waals surface area contributed by atoms with Crippen LogP contribution >= 0.6 is 11.3 Å². The number of hydrogen-bond donors (Lipinski definition) is 1. The van der Waals surface area contributed by atoms with Crippen molar-refractivity contribution >= 4 is 17.2 Å². The number of nitrogens with zero attached hydrogens (tertiary/aromatic N) is 1. The summed E-state index contributed by atoms with van der Waals surface area (Å²) in [6.45, 7) is 8.60. The Balaban J connectivity index is 1.64. The Hall–Kier alpha value is -1.65. The van der Waals surface area contributed by atoms with Crippen LogP contribution in [-0.2, 0) is 17.8 Å². The predicted molar refractivity (Wildman–Crippen MR) is 100 cm³/mol. The summed E-state index contributed by atoms with van der Waals surface area (Å²) in [6.07, 6.45) is 0.986. The minimum atomic E-state index is 0.0457. The zero-order chi connectivity index (χ0) is 17.2. The number of amides is 1. The molecule has 0 radical (unpaired) electrons. The van der Waals surface area contributed by atoms with Crippen molar-refractivity contribution in [2.75, 3.05) is 13.1 Å². The molecule has 2 heterocycles. The lowest BCUT2D eigenvalue weighted by Crippen LogP contribution is -2.43. The zero-order valence-electron chi connectivity index (χ0n) is 14.7. The largest absolute Gasteiger partial charge is 0.337 e. The molecule has 0 saturated carbocycles. The van der Waals surface area contributed by atoms with E-state index in [0.29, 0.717) is 6.54 Å². The molecule has 1 N–H and O–H groups in total. The Morgan fingerprint density at radius 2 is 2.00 bits per heavy atom. The first-order chi connectivity index (χ1) is 11.4. The van der Waals surface area contributed by atoms with E-state index in [1.807, 2.05) is 11.0 Å². The molecule has 1 amide bonds. The molecule has 1 unspecified atom stereocenters. The van der Waals surface area contributed by atoms with Gasteiger partial charge in [-0.1, -0.05) is 51.1 Å². The molecule has 1 aliphatic heterocycles. The van der Waals surface area contributed by atoms with Crippen molar-refractivity contribution in [1.29, 1.82) is 0 Å². The smallest absolute Gasteiger partial charge is 0.236 e. The molecule has 128 valence electrons. The first kappa shape index (κ1) is 17.2. The molecule has 0 aliphatic carbocycles. The lowest BCUT2D eigenvalue weighted by Gasteiger charge is -2.33. The van der Waals surface area contributed by atoms with Crippen LogP contribution in [0.2, 0.25) is 0 Å². The number of nitrogens with one attached hydrogen (secondary N) is 1. The second-order valence-corrected chi connectivity index (χ2v) is 8.53. The standard InChI is InChI=1S/C20H26N2OS/c1-20(2,3)19(15-7-5-4-6-8-15)21-13-18(23)22-11-9-17-16(14-22)10-12-24-17/h4-8,10,12,19,21H,9,11,13-14H2,1-3H3. The molecule has 4 heteroatoms. The second kappa shape index (κ2) is 7.08. The summed E-state index contributed by atoms with van der Waals surface area (Å²) in [6, 6.07) is 12.7. The van der Waals surface area contributed by atoms with Gasteiger partial charge in [0.25, 0.3) is 0 Å². The SMILES string of the molecule is CC(C)(C)C(NCC(=O)N1CCc2sccc2C1)c1ccccc1. The van der Waals surface area contributed by atoms with Gasteiger partial charge in [-0.15, -0.1) is 11.3 Å². The Morgan fingerprint density at radius 3 is 2.71 bits per heavy atom. The molecule has 2 aromatic rings. The number of hydrogen-bond acceptors (Lipinski definition) is 3. The minimum Gasteiger partial charge on any atom is -0.337 e. The normalized spacial score (nSPS) is 15.9. The highest BCUT2D eigenvalue weighted by atomic mass is 32.1. The quantitative estimate of drug-likeness (QED) is 0.910. The van der Waals surface area contributed by atoms with E-state index in [1.165, 1.54) is 16.0 Å². The van der Waals surface area contributed by atoms with Gasteiger partial charge < -0.3 is 10.2 Å². The number of benzene rings is 1. The number of carbonyl (C=O) groups is 1. The summed E-state index contributed by atoms with van der Waals surface area (Å²) in [4.78, 5) is 16.1. The van der Waals surface area contributed by atoms with Gasteiger partial charge in [0, 0.05) is 24.0 Å². The van der Waals surface area contributed by atoms with E-state index in [9.17, 15) is 4.79 Å². The number of carbonyl (C=O) groups excluding carboxylic acids is 1. The zero-order valence-corrected chi connectivity index (χ0v) is 15.5. The third-order valence-corrected chi connectivity index (χ3v) is 5.64. The maximum absolute atomic E-state index is 12.7. The lowest BCUT2D eigenvalue weighted by atomic mass is 9.82. The minimum absolute atomic E-state index is 0.0457. The highest BCUT2D eigenvalue weighted by Gasteiger charge is 2.28. The summed E-state index contributed by atoms with van der Waals surface area (Å²) in [5, 5.41) is 5.63. The van der Waals surface area contributed by atoms with Gasteiger partial charge in [0.05, 0.1) is 6.54 Å². The topological polar surface area (TPSA) is 32.3 Å². The van der Waals surface area contributed by atoms with Gasteiger partial charge in [-0.25, -0.2) is 0 Å². The van der Waals surface area contributed by atoms with Gasteiger partial charge in [0.1, 0.15) is 0 Å². The second-order valence-electron chi connectivity index (χ2n) is 7.52. The van der Waals surface area contributed by atoms with Crippen LogP contribution in [0.4, 0.5) is 0 Å². The van der Waals surface area contributed by atoms with Gasteiger partial charge in [-0.05, 0) is 34.4 Å². The molecule has 1 aliphatic rings. The fourth-order valence-electron chi connectivity index (χ4n) is 3.33. The molecule has 3 rings (SSSR count). The fourth-order valence-corrected chi connectivity index (χ4v) is 4.22. The van der Waals surface area contributed by atoms with Gasteiger partial charge in [-0.2, -0.15) is 0 Å². The molecule has 24 heavy (non-hydrogen) atoms. The monoisotopic (exact) mass is 342 g/mol. The van der Waals surface area contributed by atoms with E-state index in [0.717, 1.165) is 19.5 Å². The average Bonchev–Trinajstić information content (AvgIpc) is 3.02. The van der Waals surface area contributed by atoms with E-state index in [2.05, 4.69) is 61.8 Å². The number of fused-ring (bicyclic) bond motifs is 1. The molecule has 1 aromatic heterocycles. The van der Waals surface area contributed by atoms with Crippen LogP contribution in [0.25, 0.3) is 0 Å². The van der Waals surface area contributed by atoms with E-state index in [-0.39, 0.29) is 17.4 Å². The van der Waals surface area contributed by atoms with Crippen LogP contribution in [0.5, 0.6) is 0 Å². The Labute approximate surface area is 148 Å². The maximum Gasteiger partial charge on any atom is 0.236 e. The van der Waals surface area contributed by atoms with Gasteiger partial charge in [0.15, 0.2) is 0 Å². The molecule has 1 aromatic carbocycles. The third-order valence-electron chi connectivity index (χ3n) is 4.62. The number of thiophene rings is 1. The van der Waals surface area contributed by atoms with Crippen LogP contribution in [0.1, 0.15) is 42.8 Å². The van der Waals surface area contributed by atoms with Gasteiger partial charge >= 0.3 is 0 Å². The number of rotatable bonds is 4. The molecule has 0 bridgehead atoms. The molecule has 3 nitrogen and oxygen atoms in total. The van der Waals surface area contributed by atoms with Gasteiger partial charge in [-0.3, -0.25) is 4.79 Å². The van der Waals surface area contributed by atoms with Crippen LogP contribution in [0.15, 0.2) is 41.8 Å². The summed E-state index contributed by atoms with van der Waals surface area (Å²) in [5.41, 5.74) is 2.59. The van der Waals surface area contributed by atoms with E-state index in [4.69, 9.17) is 0 Å². The molecule has 0 fully saturated rings. The average molecular weight is 343 g/mol. The van der Waals surface area contributed by atoms with E-state index in [1.54, 1.807) is 11.3 Å². The first-order valence-corrected chi connectivity index (χ1v) is 9.44. The van der Waals surface area contributed by atoms with Crippen molar-refractivity contribution in [3.05, 3.63) is 57.8 Å². The van der Waals surface area contributed by atoms with Crippen LogP contribution in [0.3, 0.4) is 0 Å². The fraction of sp³-hybridized carbons (Fsp3) is 0.450. The van der Waals surface area contributed by atoms with Crippen molar-refractivity contribution in [3.8, 4) is 0 Å². The molecule has 1 atom stereocenters. The van der Waals surface area contributed by atoms with Crippen molar-refractivity contribution in [3.63, 3.8) is 0 Å². The summed E-state index contributed by atoms with van der Waals surface area (Å²) in [5.74, 6) is 0.192. The first-order valence-electron chi connectivity index (χ1n) is 8.56. The third kappa shape index (κ3) is 3.87. The van der Waals surface area contributed by atoms with Gasteiger partial charge in [0.2, 0.25) is 5.91 Å². The van der Waals surface area contributed by atoms with Crippen molar-refractivity contribution in [1.82, 2.24) is 10.2 Å². The highest BCUT2D eigenvalue weighted by molar-refractivity contribution is 7.10. The van der Waals surface area contributed by atoms with E-state index < -0.39 is 0 Å². The lowest BCUT2D eigenvalue weighted by molar-refractivity contribution is -0.131. The van der Waals surface area contributed by atoms with Crippen molar-refractivity contribution < 1.29 is 4.79 Å².